The smallest absolute Gasteiger partial charge is 0.347 e. The maximum absolute atomic E-state index is 11.6. The van der Waals surface area contributed by atoms with Crippen LogP contribution in [0.2, 0.25) is 0 Å². The summed E-state index contributed by atoms with van der Waals surface area (Å²) in [6.45, 7) is 22.6. The maximum Gasteiger partial charge on any atom is 0.347 e. The molecule has 0 saturated carbocycles. The molecule has 38 heavy (non-hydrogen) atoms. The third-order valence-electron chi connectivity index (χ3n) is 5.51. The standard InChI is InChI=1S/C30H46N4O4/c1-12-14-26(17-21(2)3)34-31-25(8)27(32-34)20-33(15-13-16-37-11)19-23(6)18-24(7)28(22(4)5)38-30(9,10)29(35)36/h12-15,17-18,23H,2,16,19-20H2,1,3-11H3,(H,35,36)/b14-12-,15-13+,24-18-,26-17+. The fraction of sp³-hybridized carbons (Fsp3) is 0.500. The van der Waals surface area contributed by atoms with Gasteiger partial charge in [-0.1, -0.05) is 31.2 Å². The lowest BCUT2D eigenvalue weighted by molar-refractivity contribution is -0.156. The first-order valence-corrected chi connectivity index (χ1v) is 12.8. The summed E-state index contributed by atoms with van der Waals surface area (Å²) >= 11 is 0. The fourth-order valence-corrected chi connectivity index (χ4v) is 3.73. The third-order valence-corrected chi connectivity index (χ3v) is 5.51. The minimum absolute atomic E-state index is 0.130. The van der Waals surface area contributed by atoms with E-state index in [2.05, 4.69) is 29.6 Å². The molecule has 0 aliphatic rings. The molecule has 8 nitrogen and oxygen atoms in total. The molecule has 0 aliphatic carbocycles. The highest BCUT2D eigenvalue weighted by Crippen LogP contribution is 2.25. The Morgan fingerprint density at radius 2 is 1.89 bits per heavy atom. The first kappa shape index (κ1) is 32.6. The minimum atomic E-state index is -1.33. The topological polar surface area (TPSA) is 89.7 Å². The average Bonchev–Trinajstić information content (AvgIpc) is 3.16. The van der Waals surface area contributed by atoms with Gasteiger partial charge in [0, 0.05) is 13.7 Å². The number of ether oxygens (including phenoxy) is 2. The van der Waals surface area contributed by atoms with Crippen molar-refractivity contribution >= 4 is 11.7 Å². The minimum Gasteiger partial charge on any atom is -0.478 e. The molecule has 0 saturated heterocycles. The van der Waals surface area contributed by atoms with Gasteiger partial charge in [0.2, 0.25) is 0 Å². The number of carboxylic acids is 1. The second-order valence-corrected chi connectivity index (χ2v) is 10.3. The van der Waals surface area contributed by atoms with Crippen LogP contribution in [0.5, 0.6) is 0 Å². The Morgan fingerprint density at radius 1 is 1.24 bits per heavy atom. The van der Waals surface area contributed by atoms with E-state index in [1.165, 1.54) is 0 Å². The van der Waals surface area contributed by atoms with Gasteiger partial charge in [-0.3, -0.25) is 0 Å². The van der Waals surface area contributed by atoms with Crippen molar-refractivity contribution < 1.29 is 19.4 Å². The Bertz CT molecular complexity index is 1120. The van der Waals surface area contributed by atoms with Crippen molar-refractivity contribution in [2.45, 2.75) is 74.5 Å². The maximum atomic E-state index is 11.6. The number of aromatic nitrogens is 3. The van der Waals surface area contributed by atoms with E-state index in [4.69, 9.17) is 14.6 Å². The van der Waals surface area contributed by atoms with Gasteiger partial charge in [0.25, 0.3) is 0 Å². The van der Waals surface area contributed by atoms with Gasteiger partial charge in [0.15, 0.2) is 5.60 Å². The molecule has 210 valence electrons. The van der Waals surface area contributed by atoms with Crippen molar-refractivity contribution in [1.82, 2.24) is 19.9 Å². The number of aryl methyl sites for hydroxylation is 1. The van der Waals surface area contributed by atoms with Crippen molar-refractivity contribution in [3.63, 3.8) is 0 Å². The van der Waals surface area contributed by atoms with Gasteiger partial charge in [0.05, 0.1) is 24.5 Å². The molecule has 0 amide bonds. The van der Waals surface area contributed by atoms with Crippen LogP contribution < -0.4 is 0 Å². The fourth-order valence-electron chi connectivity index (χ4n) is 3.73. The summed E-state index contributed by atoms with van der Waals surface area (Å²) in [7, 11) is 1.66. The van der Waals surface area contributed by atoms with E-state index in [-0.39, 0.29) is 5.92 Å². The summed E-state index contributed by atoms with van der Waals surface area (Å²) in [5, 5.41) is 18.9. The average molecular weight is 527 g/mol. The molecule has 1 heterocycles. The van der Waals surface area contributed by atoms with Gasteiger partial charge in [-0.2, -0.15) is 15.0 Å². The zero-order chi connectivity index (χ0) is 29.0. The molecule has 1 aromatic rings. The molecule has 0 spiro atoms. The van der Waals surface area contributed by atoms with Crippen LogP contribution in [0.15, 0.2) is 65.6 Å². The first-order valence-electron chi connectivity index (χ1n) is 12.8. The van der Waals surface area contributed by atoms with E-state index in [0.717, 1.165) is 33.8 Å². The molecular weight excluding hydrogens is 480 g/mol. The van der Waals surface area contributed by atoms with Crippen LogP contribution in [-0.2, 0) is 20.8 Å². The molecule has 1 atom stereocenters. The Kier molecular flexibility index (Phi) is 13.0. The lowest BCUT2D eigenvalue weighted by atomic mass is 10.0. The highest BCUT2D eigenvalue weighted by atomic mass is 16.5. The zero-order valence-corrected chi connectivity index (χ0v) is 24.8. The highest BCUT2D eigenvalue weighted by Gasteiger charge is 2.31. The zero-order valence-electron chi connectivity index (χ0n) is 24.8. The summed E-state index contributed by atoms with van der Waals surface area (Å²) in [6.07, 6.45) is 12.0. The molecule has 0 fully saturated rings. The van der Waals surface area contributed by atoms with Crippen molar-refractivity contribution in [3.05, 3.63) is 77.0 Å². The van der Waals surface area contributed by atoms with Gasteiger partial charge in [-0.25, -0.2) is 4.79 Å². The van der Waals surface area contributed by atoms with Gasteiger partial charge >= 0.3 is 5.97 Å². The molecule has 1 N–H and O–H groups in total. The van der Waals surface area contributed by atoms with Crippen molar-refractivity contribution in [3.8, 4) is 0 Å². The Labute approximate surface area is 228 Å². The second kappa shape index (κ2) is 15.1. The lowest BCUT2D eigenvalue weighted by Crippen LogP contribution is -2.34. The van der Waals surface area contributed by atoms with Crippen LogP contribution in [0.4, 0.5) is 0 Å². The van der Waals surface area contributed by atoms with Crippen molar-refractivity contribution in [1.29, 1.82) is 0 Å². The Hall–Kier alpha value is -3.39. The van der Waals surface area contributed by atoms with Crippen molar-refractivity contribution in [2.24, 2.45) is 5.92 Å². The molecule has 0 bridgehead atoms. The van der Waals surface area contributed by atoms with E-state index >= 15 is 0 Å². The van der Waals surface area contributed by atoms with Gasteiger partial charge in [0.1, 0.15) is 11.5 Å². The number of carboxylic acid groups (broad SMARTS) is 1. The van der Waals surface area contributed by atoms with Crippen LogP contribution in [0.25, 0.3) is 5.70 Å². The quantitative estimate of drug-likeness (QED) is 0.212. The Balaban J connectivity index is 3.23. The molecule has 1 aromatic heterocycles. The number of hydrogen-bond acceptors (Lipinski definition) is 6. The van der Waals surface area contributed by atoms with E-state index in [1.54, 1.807) is 25.8 Å². The first-order chi connectivity index (χ1) is 17.7. The van der Waals surface area contributed by atoms with E-state index in [1.807, 2.05) is 72.0 Å². The summed E-state index contributed by atoms with van der Waals surface area (Å²) in [6, 6.07) is 0. The number of rotatable bonds is 15. The van der Waals surface area contributed by atoms with Crippen LogP contribution in [0.3, 0.4) is 0 Å². The number of hydrogen-bond donors (Lipinski definition) is 1. The molecule has 1 unspecified atom stereocenters. The Morgan fingerprint density at radius 3 is 2.42 bits per heavy atom. The molecule has 0 aliphatic heterocycles. The van der Waals surface area contributed by atoms with E-state index < -0.39 is 11.6 Å². The van der Waals surface area contributed by atoms with E-state index in [9.17, 15) is 9.90 Å². The highest BCUT2D eigenvalue weighted by molar-refractivity contribution is 5.76. The third kappa shape index (κ3) is 10.5. The van der Waals surface area contributed by atoms with Crippen LogP contribution in [-0.4, -0.2) is 56.8 Å². The molecule has 1 rings (SSSR count). The predicted molar refractivity (Wildman–Crippen MR) is 154 cm³/mol. The number of carbonyl (C=O) groups is 1. The van der Waals surface area contributed by atoms with E-state index in [0.29, 0.717) is 25.5 Å². The number of aliphatic carboxylic acids is 1. The number of methoxy groups -OCH3 is 1. The summed E-state index contributed by atoms with van der Waals surface area (Å²) in [4.78, 5) is 15.4. The molecule has 0 radical (unpaired) electrons. The summed E-state index contributed by atoms with van der Waals surface area (Å²) in [5.74, 6) is -0.277. The van der Waals surface area contributed by atoms with Crippen LogP contribution in [0.1, 0.15) is 66.8 Å². The van der Waals surface area contributed by atoms with Gasteiger partial charge < -0.3 is 19.5 Å². The van der Waals surface area contributed by atoms with Gasteiger partial charge in [-0.15, -0.1) is 0 Å². The SMILES string of the molecule is C=C(C)/C=C(\C=C/C)n1nc(C)c(CN(/C=C/COC)CC(C)/C=C(/C)C(OC(C)(C)C(=O)O)=C(C)C)n1. The largest absolute Gasteiger partial charge is 0.478 e. The van der Waals surface area contributed by atoms with Crippen LogP contribution in [0, 0.1) is 12.8 Å². The number of nitrogens with zero attached hydrogens (tertiary/aromatic N) is 4. The summed E-state index contributed by atoms with van der Waals surface area (Å²) in [5.41, 5.74) is 3.98. The molecule has 0 aromatic carbocycles. The summed E-state index contributed by atoms with van der Waals surface area (Å²) < 4.78 is 11.1. The molecule has 8 heteroatoms. The monoisotopic (exact) mass is 526 g/mol. The predicted octanol–water partition coefficient (Wildman–Crippen LogP) is 6.30. The lowest BCUT2D eigenvalue weighted by Gasteiger charge is -2.26. The normalized spacial score (nSPS) is 13.7. The second-order valence-electron chi connectivity index (χ2n) is 10.3. The number of allylic oxidation sites excluding steroid dienone is 7. The van der Waals surface area contributed by atoms with Gasteiger partial charge in [-0.05, 0) is 96.9 Å². The molecular formula is C30H46N4O4. The van der Waals surface area contributed by atoms with Crippen molar-refractivity contribution in [2.75, 3.05) is 20.3 Å². The van der Waals surface area contributed by atoms with Crippen LogP contribution >= 0.6 is 0 Å².